The number of fused-ring (bicyclic) bond motifs is 3. The number of hydrogen-bond acceptors (Lipinski definition) is 8. The number of nitrogens with one attached hydrogen (secondary N) is 1. The summed E-state index contributed by atoms with van der Waals surface area (Å²) in [5.41, 5.74) is 9.65. The topological polar surface area (TPSA) is 182 Å². The second kappa shape index (κ2) is 15.9. The van der Waals surface area contributed by atoms with Crippen molar-refractivity contribution in [1.82, 2.24) is 19.9 Å². The number of pyridine rings is 1. The number of phosphoric acid groups is 1. The van der Waals surface area contributed by atoms with Crippen LogP contribution >= 0.6 is 7.82 Å². The first-order chi connectivity index (χ1) is 23.0. The highest BCUT2D eigenvalue weighted by molar-refractivity contribution is 7.46. The molecule has 6 N–H and O–H groups in total. The van der Waals surface area contributed by atoms with Gasteiger partial charge in [-0.1, -0.05) is 52.3 Å². The van der Waals surface area contributed by atoms with Gasteiger partial charge in [0.05, 0.1) is 17.6 Å². The summed E-state index contributed by atoms with van der Waals surface area (Å²) in [5, 5.41) is 14.9. The number of anilines is 1. The van der Waals surface area contributed by atoms with E-state index in [1.54, 1.807) is 12.1 Å². The predicted molar refractivity (Wildman–Crippen MR) is 193 cm³/mol. The molecule has 0 saturated carbocycles. The van der Waals surface area contributed by atoms with Crippen molar-refractivity contribution in [3.05, 3.63) is 53.3 Å². The van der Waals surface area contributed by atoms with Crippen LogP contribution in [-0.2, 0) is 32.5 Å². The number of ether oxygens (including phenoxy) is 1. The molecule has 12 nitrogen and oxygen atoms in total. The Bertz CT molecular complexity index is 1810. The molecule has 2 heterocycles. The summed E-state index contributed by atoms with van der Waals surface area (Å²) < 4.78 is 24.3. The number of amides is 1. The number of aromatic nitrogens is 3. The number of phenolic OH excluding ortho intramolecular Hbond substituents is 1. The van der Waals surface area contributed by atoms with Gasteiger partial charge in [-0.2, -0.15) is 0 Å². The fourth-order valence-corrected chi connectivity index (χ4v) is 6.55. The third-order valence-electron chi connectivity index (χ3n) is 8.93. The number of carbonyl (C=O) groups is 1. The number of phenols is 1. The average molecular weight is 698 g/mol. The van der Waals surface area contributed by atoms with Crippen molar-refractivity contribution in [2.24, 2.45) is 0 Å². The number of nitrogens with zero attached hydrogens (tertiary/aromatic N) is 3. The number of unbranched alkanes of at least 4 members (excludes halogenated alkanes) is 1. The van der Waals surface area contributed by atoms with Crippen molar-refractivity contribution in [3.8, 4) is 11.5 Å². The molecule has 0 aliphatic heterocycles. The van der Waals surface area contributed by atoms with E-state index in [0.717, 1.165) is 66.3 Å². The maximum absolute atomic E-state index is 11.8. The lowest BCUT2D eigenvalue weighted by molar-refractivity contribution is -0.122. The number of aromatic hydroxyl groups is 1. The zero-order valence-electron chi connectivity index (χ0n) is 29.6. The molecule has 13 heteroatoms. The van der Waals surface area contributed by atoms with Crippen LogP contribution in [0.1, 0.15) is 103 Å². The van der Waals surface area contributed by atoms with Crippen LogP contribution in [0.15, 0.2) is 36.4 Å². The molecule has 4 rings (SSSR count). The molecule has 0 bridgehead atoms. The molecule has 0 atom stereocenters. The lowest BCUT2D eigenvalue weighted by Crippen LogP contribution is -2.43. The lowest BCUT2D eigenvalue weighted by Gasteiger charge is -2.27. The summed E-state index contributed by atoms with van der Waals surface area (Å²) in [5.74, 6) is 0.493. The van der Waals surface area contributed by atoms with Gasteiger partial charge >= 0.3 is 7.82 Å². The summed E-state index contributed by atoms with van der Waals surface area (Å²) >= 11 is 0. The molecule has 0 fully saturated rings. The van der Waals surface area contributed by atoms with E-state index in [1.165, 1.54) is 6.07 Å². The van der Waals surface area contributed by atoms with E-state index in [1.807, 2.05) is 31.4 Å². The second-order valence-corrected chi connectivity index (χ2v) is 15.1. The van der Waals surface area contributed by atoms with Gasteiger partial charge in [-0.05, 0) is 75.1 Å². The maximum Gasteiger partial charge on any atom is 0.524 e. The number of nitrogen functional groups attached to an aromatic ring is 1. The molecule has 2 aromatic heterocycles. The van der Waals surface area contributed by atoms with E-state index in [4.69, 9.17) is 20.0 Å². The first-order valence-corrected chi connectivity index (χ1v) is 18.6. The third kappa shape index (κ3) is 9.94. The second-order valence-electron chi connectivity index (χ2n) is 14.0. The van der Waals surface area contributed by atoms with Gasteiger partial charge < -0.3 is 30.0 Å². The Kier molecular flexibility index (Phi) is 12.4. The molecule has 0 aliphatic rings. The van der Waals surface area contributed by atoms with Crippen LogP contribution in [0.4, 0.5) is 5.82 Å². The highest BCUT2D eigenvalue weighted by atomic mass is 31.2. The van der Waals surface area contributed by atoms with Crippen LogP contribution in [0.2, 0.25) is 0 Å². The van der Waals surface area contributed by atoms with Crippen molar-refractivity contribution in [2.75, 3.05) is 18.9 Å². The minimum Gasteiger partial charge on any atom is -0.504 e. The zero-order chi connectivity index (χ0) is 36.0. The van der Waals surface area contributed by atoms with Gasteiger partial charge in [0.15, 0.2) is 17.3 Å². The highest BCUT2D eigenvalue weighted by Gasteiger charge is 2.25. The Morgan fingerprint density at radius 2 is 1.73 bits per heavy atom. The molecular weight excluding hydrogens is 645 g/mol. The number of phosphoric ester groups is 1. The Balaban J connectivity index is 1.58. The quantitative estimate of drug-likeness (QED) is 0.0542. The number of aryl methyl sites for hydroxylation is 1. The van der Waals surface area contributed by atoms with Crippen molar-refractivity contribution in [2.45, 2.75) is 110 Å². The number of rotatable bonds is 18. The van der Waals surface area contributed by atoms with Gasteiger partial charge in [-0.25, -0.2) is 14.5 Å². The number of carbonyl (C=O) groups excluding carboxylic acids is 1. The Morgan fingerprint density at radius 3 is 2.41 bits per heavy atom. The number of para-hydroxylation sites is 1. The van der Waals surface area contributed by atoms with E-state index in [2.05, 4.69) is 43.2 Å². The fourth-order valence-electron chi connectivity index (χ4n) is 6.15. The molecule has 4 aromatic rings. The molecule has 0 radical (unpaired) electrons. The predicted octanol–water partition coefficient (Wildman–Crippen LogP) is 6.89. The van der Waals surface area contributed by atoms with Crippen LogP contribution in [0.5, 0.6) is 11.5 Å². The number of nitrogens with two attached hydrogens (primary N) is 1. The van der Waals surface area contributed by atoms with E-state index in [0.29, 0.717) is 43.0 Å². The molecule has 2 aromatic carbocycles. The molecule has 0 unspecified atom stereocenters. The van der Waals surface area contributed by atoms with Crippen molar-refractivity contribution < 1.29 is 33.5 Å². The number of imidazole rings is 1. The van der Waals surface area contributed by atoms with Gasteiger partial charge in [0.25, 0.3) is 0 Å². The molecule has 0 aliphatic carbocycles. The fraction of sp³-hybridized carbons (Fsp3) is 0.528. The minimum absolute atomic E-state index is 0.0588. The zero-order valence-corrected chi connectivity index (χ0v) is 30.5. The van der Waals surface area contributed by atoms with Crippen LogP contribution in [0, 0.1) is 0 Å². The first kappa shape index (κ1) is 38.1. The number of benzene rings is 2. The molecule has 49 heavy (non-hydrogen) atoms. The van der Waals surface area contributed by atoms with E-state index >= 15 is 0 Å². The Labute approximate surface area is 288 Å². The molecule has 0 spiro atoms. The SMILES string of the molecule is CCCCc1nc2c(N)nc3ccc(C(C)(C)CCCOCCCC(C)(C)NC(=O)CC)cc3c2n1Cc1cccc(OP(=O)(O)O)c1O. The summed E-state index contributed by atoms with van der Waals surface area (Å²) in [6.07, 6.45) is 6.46. The maximum atomic E-state index is 11.8. The van der Waals surface area contributed by atoms with Gasteiger partial charge in [0, 0.05) is 42.5 Å². The average Bonchev–Trinajstić information content (AvgIpc) is 3.39. The van der Waals surface area contributed by atoms with Crippen molar-refractivity contribution in [1.29, 1.82) is 0 Å². The van der Waals surface area contributed by atoms with E-state index in [-0.39, 0.29) is 34.9 Å². The first-order valence-electron chi connectivity index (χ1n) is 17.1. The standard InChI is InChI=1S/C36H52N5O7P/c1-7-9-15-29-39-31-32(41(29)23-24-13-10-14-28(33(24)43)48-49(44,45)46)26-22-25(16-17-27(26)38-34(31)37)35(3,4)18-11-20-47-21-12-19-36(5,6)40-30(42)8-2/h10,13-14,16-17,22,43H,7-9,11-12,15,18-21,23H2,1-6H3,(H2,37,38)(H,40,42)(H2,44,45,46). The Morgan fingerprint density at radius 1 is 1.02 bits per heavy atom. The largest absolute Gasteiger partial charge is 0.524 e. The molecule has 268 valence electrons. The third-order valence-corrected chi connectivity index (χ3v) is 9.36. The van der Waals surface area contributed by atoms with Crippen molar-refractivity contribution >= 4 is 41.5 Å². The summed E-state index contributed by atoms with van der Waals surface area (Å²) in [4.78, 5) is 40.1. The molecule has 0 saturated heterocycles. The smallest absolute Gasteiger partial charge is 0.504 e. The summed E-state index contributed by atoms with van der Waals surface area (Å²) in [6, 6.07) is 10.8. The van der Waals surface area contributed by atoms with Crippen LogP contribution < -0.4 is 15.6 Å². The monoisotopic (exact) mass is 697 g/mol. The van der Waals surface area contributed by atoms with Gasteiger partial charge in [0.1, 0.15) is 11.3 Å². The molecule has 1 amide bonds. The number of hydrogen-bond donors (Lipinski definition) is 5. The van der Waals surface area contributed by atoms with E-state index < -0.39 is 7.82 Å². The summed E-state index contributed by atoms with van der Waals surface area (Å²) in [6.45, 7) is 13.9. The van der Waals surface area contributed by atoms with Gasteiger partial charge in [-0.15, -0.1) is 0 Å². The Hall–Kier alpha value is -3.70. The normalized spacial score (nSPS) is 12.6. The highest BCUT2D eigenvalue weighted by Crippen LogP contribution is 2.43. The van der Waals surface area contributed by atoms with Gasteiger partial charge in [0.2, 0.25) is 5.91 Å². The molecular formula is C36H52N5O7P. The minimum atomic E-state index is -4.88. The van der Waals surface area contributed by atoms with E-state index in [9.17, 15) is 24.3 Å². The lowest BCUT2D eigenvalue weighted by atomic mass is 9.80. The van der Waals surface area contributed by atoms with Gasteiger partial charge in [-0.3, -0.25) is 14.6 Å². The van der Waals surface area contributed by atoms with Crippen LogP contribution in [0.3, 0.4) is 0 Å². The summed E-state index contributed by atoms with van der Waals surface area (Å²) in [7, 11) is -4.88. The van der Waals surface area contributed by atoms with Crippen LogP contribution in [0.25, 0.3) is 21.9 Å². The van der Waals surface area contributed by atoms with Crippen LogP contribution in [-0.4, -0.2) is 54.1 Å². The van der Waals surface area contributed by atoms with Crippen molar-refractivity contribution in [3.63, 3.8) is 0 Å².